The van der Waals surface area contributed by atoms with E-state index < -0.39 is 11.6 Å². The summed E-state index contributed by atoms with van der Waals surface area (Å²) in [6, 6.07) is -0.800. The van der Waals surface area contributed by atoms with Gasteiger partial charge in [0.1, 0.15) is 11.6 Å². The van der Waals surface area contributed by atoms with Crippen molar-refractivity contribution in [2.45, 2.75) is 25.4 Å². The third-order valence-electron chi connectivity index (χ3n) is 1.81. The SMILES string of the molecule is CC1(C)NC(=O)C(CO)NC1=O. The van der Waals surface area contributed by atoms with Crippen LogP contribution in [0.25, 0.3) is 0 Å². The zero-order valence-corrected chi connectivity index (χ0v) is 7.05. The Bertz CT molecular complexity index is 225. The maximum absolute atomic E-state index is 11.2. The van der Waals surface area contributed by atoms with Crippen LogP contribution >= 0.6 is 0 Å². The van der Waals surface area contributed by atoms with E-state index in [0.717, 1.165) is 0 Å². The smallest absolute Gasteiger partial charge is 0.245 e. The number of hydrogen-bond donors (Lipinski definition) is 3. The van der Waals surface area contributed by atoms with Gasteiger partial charge >= 0.3 is 0 Å². The minimum absolute atomic E-state index is 0.277. The first-order chi connectivity index (χ1) is 5.47. The van der Waals surface area contributed by atoms with Crippen molar-refractivity contribution in [3.8, 4) is 0 Å². The van der Waals surface area contributed by atoms with Crippen LogP contribution in [-0.2, 0) is 9.59 Å². The lowest BCUT2D eigenvalue weighted by atomic mass is 9.99. The fourth-order valence-electron chi connectivity index (χ4n) is 0.985. The van der Waals surface area contributed by atoms with Gasteiger partial charge in [0.2, 0.25) is 11.8 Å². The first-order valence-corrected chi connectivity index (χ1v) is 3.71. The number of rotatable bonds is 1. The monoisotopic (exact) mass is 172 g/mol. The molecule has 0 spiro atoms. The second-order valence-corrected chi connectivity index (χ2v) is 3.32. The van der Waals surface area contributed by atoms with E-state index in [9.17, 15) is 9.59 Å². The van der Waals surface area contributed by atoms with Crippen molar-refractivity contribution in [2.24, 2.45) is 0 Å². The van der Waals surface area contributed by atoms with Crippen LogP contribution in [0.2, 0.25) is 0 Å². The zero-order valence-electron chi connectivity index (χ0n) is 7.05. The summed E-state index contributed by atoms with van der Waals surface area (Å²) in [5.74, 6) is -0.622. The lowest BCUT2D eigenvalue weighted by molar-refractivity contribution is -0.141. The molecular formula is C7H12N2O3. The molecule has 12 heavy (non-hydrogen) atoms. The summed E-state index contributed by atoms with van der Waals surface area (Å²) < 4.78 is 0. The first-order valence-electron chi connectivity index (χ1n) is 3.71. The molecule has 0 aromatic carbocycles. The zero-order chi connectivity index (χ0) is 9.35. The van der Waals surface area contributed by atoms with Crippen LogP contribution in [0.5, 0.6) is 0 Å². The van der Waals surface area contributed by atoms with Gasteiger partial charge in [0.05, 0.1) is 6.61 Å². The Kier molecular flexibility index (Phi) is 2.06. The van der Waals surface area contributed by atoms with Crippen molar-refractivity contribution in [2.75, 3.05) is 6.61 Å². The Morgan fingerprint density at radius 1 is 1.50 bits per heavy atom. The highest BCUT2D eigenvalue weighted by molar-refractivity contribution is 5.99. The molecule has 1 unspecified atom stereocenters. The molecule has 1 aliphatic rings. The van der Waals surface area contributed by atoms with E-state index in [0.29, 0.717) is 0 Å². The maximum Gasteiger partial charge on any atom is 0.245 e. The van der Waals surface area contributed by atoms with E-state index in [1.54, 1.807) is 13.8 Å². The Labute approximate surface area is 70.1 Å². The summed E-state index contributed by atoms with van der Waals surface area (Å²) in [5.41, 5.74) is -0.872. The van der Waals surface area contributed by atoms with Gasteiger partial charge in [0.15, 0.2) is 0 Å². The van der Waals surface area contributed by atoms with Crippen LogP contribution in [0.1, 0.15) is 13.8 Å². The van der Waals surface area contributed by atoms with Gasteiger partial charge in [-0.2, -0.15) is 0 Å². The molecule has 0 saturated carbocycles. The van der Waals surface area contributed by atoms with E-state index in [1.165, 1.54) is 0 Å². The summed E-state index contributed by atoms with van der Waals surface area (Å²) in [7, 11) is 0. The quantitative estimate of drug-likeness (QED) is 0.444. The Morgan fingerprint density at radius 2 is 2.08 bits per heavy atom. The van der Waals surface area contributed by atoms with Crippen molar-refractivity contribution < 1.29 is 14.7 Å². The highest BCUT2D eigenvalue weighted by Crippen LogP contribution is 2.07. The Morgan fingerprint density at radius 3 is 2.58 bits per heavy atom. The molecule has 3 N–H and O–H groups in total. The number of aliphatic hydroxyl groups excluding tert-OH is 1. The van der Waals surface area contributed by atoms with E-state index >= 15 is 0 Å². The van der Waals surface area contributed by atoms with E-state index in [2.05, 4.69) is 10.6 Å². The van der Waals surface area contributed by atoms with Gasteiger partial charge < -0.3 is 15.7 Å². The fourth-order valence-corrected chi connectivity index (χ4v) is 0.985. The van der Waals surface area contributed by atoms with Gasteiger partial charge in [-0.3, -0.25) is 9.59 Å². The number of amides is 2. The molecule has 0 aromatic heterocycles. The van der Waals surface area contributed by atoms with E-state index in [1.807, 2.05) is 0 Å². The van der Waals surface area contributed by atoms with Crippen LogP contribution in [0.3, 0.4) is 0 Å². The summed E-state index contributed by atoms with van der Waals surface area (Å²) in [6.45, 7) is 2.84. The fraction of sp³-hybridized carbons (Fsp3) is 0.714. The van der Waals surface area contributed by atoms with Crippen LogP contribution in [0, 0.1) is 0 Å². The maximum atomic E-state index is 11.2. The minimum atomic E-state index is -0.872. The van der Waals surface area contributed by atoms with Crippen LogP contribution in [0.4, 0.5) is 0 Å². The highest BCUT2D eigenvalue weighted by atomic mass is 16.3. The molecule has 1 saturated heterocycles. The molecule has 1 atom stereocenters. The molecule has 5 heteroatoms. The lowest BCUT2D eigenvalue weighted by Crippen LogP contribution is -2.67. The summed E-state index contributed by atoms with van der Waals surface area (Å²) in [4.78, 5) is 22.3. The van der Waals surface area contributed by atoms with Crippen molar-refractivity contribution in [1.29, 1.82) is 0 Å². The topological polar surface area (TPSA) is 78.4 Å². The molecule has 0 aliphatic carbocycles. The largest absolute Gasteiger partial charge is 0.394 e. The first kappa shape index (κ1) is 8.99. The average Bonchev–Trinajstić information content (AvgIpc) is 1.96. The Balaban J connectivity index is 2.76. The van der Waals surface area contributed by atoms with Gasteiger partial charge in [-0.05, 0) is 13.8 Å². The number of nitrogens with one attached hydrogen (secondary N) is 2. The van der Waals surface area contributed by atoms with Crippen molar-refractivity contribution in [3.05, 3.63) is 0 Å². The van der Waals surface area contributed by atoms with Crippen molar-refractivity contribution >= 4 is 11.8 Å². The van der Waals surface area contributed by atoms with Gasteiger partial charge in [-0.25, -0.2) is 0 Å². The number of hydrogen-bond acceptors (Lipinski definition) is 3. The predicted octanol–water partition coefficient (Wildman–Crippen LogP) is -1.63. The third-order valence-corrected chi connectivity index (χ3v) is 1.81. The van der Waals surface area contributed by atoms with Gasteiger partial charge in [-0.15, -0.1) is 0 Å². The van der Waals surface area contributed by atoms with Crippen LogP contribution in [0.15, 0.2) is 0 Å². The molecule has 1 rings (SSSR count). The van der Waals surface area contributed by atoms with E-state index in [4.69, 9.17) is 5.11 Å². The predicted molar refractivity (Wildman–Crippen MR) is 41.2 cm³/mol. The molecule has 0 radical (unpaired) electrons. The summed E-state index contributed by atoms with van der Waals surface area (Å²) in [5, 5.41) is 13.6. The second kappa shape index (κ2) is 2.75. The van der Waals surface area contributed by atoms with Gasteiger partial charge in [0.25, 0.3) is 0 Å². The molecule has 68 valence electrons. The molecule has 1 heterocycles. The molecular weight excluding hydrogens is 160 g/mol. The summed E-state index contributed by atoms with van der Waals surface area (Å²) >= 11 is 0. The van der Waals surface area contributed by atoms with Crippen molar-refractivity contribution in [3.63, 3.8) is 0 Å². The van der Waals surface area contributed by atoms with Gasteiger partial charge in [0, 0.05) is 0 Å². The number of piperazine rings is 1. The second-order valence-electron chi connectivity index (χ2n) is 3.32. The number of carbonyl (C=O) groups is 2. The third kappa shape index (κ3) is 1.40. The molecule has 5 nitrogen and oxygen atoms in total. The molecule has 1 aliphatic heterocycles. The molecule has 0 bridgehead atoms. The normalized spacial score (nSPS) is 27.8. The van der Waals surface area contributed by atoms with Crippen LogP contribution in [-0.4, -0.2) is 35.1 Å². The molecule has 2 amide bonds. The molecule has 1 fully saturated rings. The molecule has 0 aromatic rings. The lowest BCUT2D eigenvalue weighted by Gasteiger charge is -2.33. The summed E-state index contributed by atoms with van der Waals surface area (Å²) in [6.07, 6.45) is 0. The van der Waals surface area contributed by atoms with E-state index in [-0.39, 0.29) is 18.4 Å². The Hall–Kier alpha value is -1.10. The van der Waals surface area contributed by atoms with Crippen LogP contribution < -0.4 is 10.6 Å². The highest BCUT2D eigenvalue weighted by Gasteiger charge is 2.38. The average molecular weight is 172 g/mol. The van der Waals surface area contributed by atoms with Gasteiger partial charge in [-0.1, -0.05) is 0 Å². The number of aliphatic hydroxyl groups is 1. The minimum Gasteiger partial charge on any atom is -0.394 e. The number of carbonyl (C=O) groups excluding carboxylic acids is 2. The van der Waals surface area contributed by atoms with Crippen molar-refractivity contribution in [1.82, 2.24) is 10.6 Å². The standard InChI is InChI=1S/C7H12N2O3/c1-7(2)6(12)8-4(3-10)5(11)9-7/h4,10H,3H2,1-2H3,(H,8,12)(H,9,11).